The molecule has 3 nitrogen and oxygen atoms in total. The van der Waals surface area contributed by atoms with E-state index in [1.54, 1.807) is 0 Å². The summed E-state index contributed by atoms with van der Waals surface area (Å²) in [5.74, 6) is 0.117. The molecule has 0 aliphatic carbocycles. The van der Waals surface area contributed by atoms with Crippen LogP contribution in [0.4, 0.5) is 0 Å². The number of β-amino-alcohol motifs (C(OH)–C–C–N with tert-alkyl or cyclic N) is 1. The molecular formula is C6H11NO2. The number of Topliss-reactive ketones (excluding diaryl/α,β-unsaturated/α-hetero) is 1. The molecular weight excluding hydrogens is 118 g/mol. The molecule has 2 atom stereocenters. The minimum atomic E-state index is -0.320. The number of nitrogens with one attached hydrogen (secondary N) is 1. The molecule has 0 bridgehead atoms. The highest BCUT2D eigenvalue weighted by Crippen LogP contribution is 2.05. The SMILES string of the molecule is CC(=O)[C@@H]1CC(O)CN1. The Kier molecular flexibility index (Phi) is 1.83. The summed E-state index contributed by atoms with van der Waals surface area (Å²) in [5, 5.41) is 11.8. The van der Waals surface area contributed by atoms with Gasteiger partial charge in [-0.25, -0.2) is 0 Å². The Morgan fingerprint density at radius 3 is 2.67 bits per heavy atom. The lowest BCUT2D eigenvalue weighted by atomic mass is 10.1. The molecule has 1 aliphatic heterocycles. The van der Waals surface area contributed by atoms with Crippen LogP contribution in [0.15, 0.2) is 0 Å². The summed E-state index contributed by atoms with van der Waals surface area (Å²) in [6.07, 6.45) is 0.258. The molecule has 0 aromatic heterocycles. The van der Waals surface area contributed by atoms with Gasteiger partial charge in [-0.2, -0.15) is 0 Å². The summed E-state index contributed by atoms with van der Waals surface area (Å²) < 4.78 is 0. The molecule has 0 radical (unpaired) electrons. The fourth-order valence-electron chi connectivity index (χ4n) is 1.03. The monoisotopic (exact) mass is 129 g/mol. The molecule has 1 unspecified atom stereocenters. The van der Waals surface area contributed by atoms with Gasteiger partial charge >= 0.3 is 0 Å². The van der Waals surface area contributed by atoms with Crippen LogP contribution < -0.4 is 5.32 Å². The second-order valence-corrected chi connectivity index (χ2v) is 2.46. The van der Waals surface area contributed by atoms with E-state index in [0.29, 0.717) is 13.0 Å². The smallest absolute Gasteiger partial charge is 0.146 e. The van der Waals surface area contributed by atoms with Crippen molar-refractivity contribution in [1.29, 1.82) is 0 Å². The molecule has 0 saturated carbocycles. The zero-order valence-electron chi connectivity index (χ0n) is 5.42. The number of aliphatic hydroxyl groups is 1. The van der Waals surface area contributed by atoms with Crippen molar-refractivity contribution in [2.75, 3.05) is 6.54 Å². The summed E-state index contributed by atoms with van der Waals surface area (Å²) in [6, 6.07) is -0.0972. The molecule has 52 valence electrons. The first-order valence-electron chi connectivity index (χ1n) is 3.12. The van der Waals surface area contributed by atoms with E-state index >= 15 is 0 Å². The molecule has 0 aromatic rings. The van der Waals surface area contributed by atoms with Crippen molar-refractivity contribution in [3.8, 4) is 0 Å². The number of hydrogen-bond acceptors (Lipinski definition) is 3. The van der Waals surface area contributed by atoms with E-state index in [9.17, 15) is 4.79 Å². The van der Waals surface area contributed by atoms with E-state index in [-0.39, 0.29) is 17.9 Å². The van der Waals surface area contributed by atoms with Crippen LogP contribution in [-0.2, 0) is 4.79 Å². The van der Waals surface area contributed by atoms with Gasteiger partial charge in [0.1, 0.15) is 5.78 Å². The lowest BCUT2D eigenvalue weighted by Crippen LogP contribution is -2.28. The zero-order valence-corrected chi connectivity index (χ0v) is 5.42. The van der Waals surface area contributed by atoms with Gasteiger partial charge in [0.15, 0.2) is 0 Å². The van der Waals surface area contributed by atoms with Crippen molar-refractivity contribution in [1.82, 2.24) is 5.32 Å². The first-order chi connectivity index (χ1) is 4.20. The molecule has 0 spiro atoms. The minimum Gasteiger partial charge on any atom is -0.392 e. The lowest BCUT2D eigenvalue weighted by molar-refractivity contribution is -0.118. The maximum absolute atomic E-state index is 10.6. The predicted octanol–water partition coefficient (Wildman–Crippen LogP) is -0.702. The Morgan fingerprint density at radius 1 is 1.78 bits per heavy atom. The highest BCUT2D eigenvalue weighted by atomic mass is 16.3. The van der Waals surface area contributed by atoms with E-state index < -0.39 is 0 Å². The predicted molar refractivity (Wildman–Crippen MR) is 33.1 cm³/mol. The van der Waals surface area contributed by atoms with Gasteiger partial charge in [0.05, 0.1) is 12.1 Å². The Labute approximate surface area is 54.1 Å². The average molecular weight is 129 g/mol. The van der Waals surface area contributed by atoms with Gasteiger partial charge in [-0.3, -0.25) is 4.79 Å². The third-order valence-corrected chi connectivity index (χ3v) is 1.60. The van der Waals surface area contributed by atoms with Gasteiger partial charge < -0.3 is 10.4 Å². The van der Waals surface area contributed by atoms with Crippen LogP contribution in [-0.4, -0.2) is 29.6 Å². The van der Waals surface area contributed by atoms with Gasteiger partial charge in [0.2, 0.25) is 0 Å². The van der Waals surface area contributed by atoms with Crippen molar-refractivity contribution >= 4 is 5.78 Å². The quantitative estimate of drug-likeness (QED) is 0.492. The van der Waals surface area contributed by atoms with E-state index in [0.717, 1.165) is 0 Å². The summed E-state index contributed by atoms with van der Waals surface area (Å²) in [6.45, 7) is 2.10. The second-order valence-electron chi connectivity index (χ2n) is 2.46. The summed E-state index contributed by atoms with van der Waals surface area (Å²) >= 11 is 0. The third-order valence-electron chi connectivity index (χ3n) is 1.60. The van der Waals surface area contributed by atoms with Gasteiger partial charge in [-0.15, -0.1) is 0 Å². The van der Waals surface area contributed by atoms with Gasteiger partial charge in [-0.1, -0.05) is 0 Å². The molecule has 1 aliphatic rings. The highest BCUT2D eigenvalue weighted by molar-refractivity contribution is 5.81. The molecule has 2 N–H and O–H groups in total. The molecule has 1 fully saturated rings. The van der Waals surface area contributed by atoms with E-state index in [4.69, 9.17) is 5.11 Å². The third kappa shape index (κ3) is 1.50. The van der Waals surface area contributed by atoms with Crippen molar-refractivity contribution in [3.05, 3.63) is 0 Å². The number of hydrogen-bond donors (Lipinski definition) is 2. The fraction of sp³-hybridized carbons (Fsp3) is 0.833. The highest BCUT2D eigenvalue weighted by Gasteiger charge is 2.24. The van der Waals surface area contributed by atoms with Crippen LogP contribution in [0, 0.1) is 0 Å². The Bertz CT molecular complexity index is 124. The van der Waals surface area contributed by atoms with Gasteiger partial charge in [-0.05, 0) is 13.3 Å². The van der Waals surface area contributed by atoms with Crippen LogP contribution in [0.2, 0.25) is 0 Å². The number of aliphatic hydroxyl groups excluding tert-OH is 1. The standard InChI is InChI=1S/C6H11NO2/c1-4(8)6-2-5(9)3-7-6/h5-7,9H,2-3H2,1H3/t5?,6-/m0/s1. The molecule has 9 heavy (non-hydrogen) atoms. The first-order valence-corrected chi connectivity index (χ1v) is 3.12. The number of carbonyl (C=O) groups excluding carboxylic acids is 1. The van der Waals surface area contributed by atoms with Crippen molar-refractivity contribution < 1.29 is 9.90 Å². The maximum Gasteiger partial charge on any atom is 0.146 e. The number of rotatable bonds is 1. The number of carbonyl (C=O) groups is 1. The number of ketones is 1. The van der Waals surface area contributed by atoms with Crippen LogP contribution in [0.3, 0.4) is 0 Å². The Balaban J connectivity index is 2.39. The molecule has 0 amide bonds. The van der Waals surface area contributed by atoms with Crippen molar-refractivity contribution in [2.45, 2.75) is 25.5 Å². The Morgan fingerprint density at radius 2 is 2.44 bits per heavy atom. The minimum absolute atomic E-state index is 0.0972. The van der Waals surface area contributed by atoms with Crippen molar-refractivity contribution in [2.24, 2.45) is 0 Å². The lowest BCUT2D eigenvalue weighted by Gasteiger charge is -2.01. The van der Waals surface area contributed by atoms with E-state index in [1.165, 1.54) is 6.92 Å². The van der Waals surface area contributed by atoms with Gasteiger partial charge in [0.25, 0.3) is 0 Å². The zero-order chi connectivity index (χ0) is 6.85. The second kappa shape index (κ2) is 2.45. The van der Waals surface area contributed by atoms with Crippen LogP contribution in [0.25, 0.3) is 0 Å². The summed E-state index contributed by atoms with van der Waals surface area (Å²) in [7, 11) is 0. The maximum atomic E-state index is 10.6. The van der Waals surface area contributed by atoms with Crippen molar-refractivity contribution in [3.63, 3.8) is 0 Å². The van der Waals surface area contributed by atoms with Crippen LogP contribution in [0.5, 0.6) is 0 Å². The molecule has 3 heteroatoms. The first kappa shape index (κ1) is 6.71. The Hall–Kier alpha value is -0.410. The summed E-state index contributed by atoms with van der Waals surface area (Å²) in [4.78, 5) is 10.6. The largest absolute Gasteiger partial charge is 0.392 e. The summed E-state index contributed by atoms with van der Waals surface area (Å²) in [5.41, 5.74) is 0. The van der Waals surface area contributed by atoms with Gasteiger partial charge in [0, 0.05) is 6.54 Å². The molecule has 1 rings (SSSR count). The van der Waals surface area contributed by atoms with Crippen LogP contribution in [0.1, 0.15) is 13.3 Å². The van der Waals surface area contributed by atoms with Crippen LogP contribution >= 0.6 is 0 Å². The molecule has 1 heterocycles. The van der Waals surface area contributed by atoms with E-state index in [1.807, 2.05) is 0 Å². The normalized spacial score (nSPS) is 34.9. The topological polar surface area (TPSA) is 49.3 Å². The molecule has 0 aromatic carbocycles. The van der Waals surface area contributed by atoms with E-state index in [2.05, 4.69) is 5.32 Å². The fourth-order valence-corrected chi connectivity index (χ4v) is 1.03. The average Bonchev–Trinajstić information content (AvgIpc) is 2.14. The molecule has 1 saturated heterocycles.